The van der Waals surface area contributed by atoms with Crippen molar-refractivity contribution in [3.8, 4) is 0 Å². The van der Waals surface area contributed by atoms with Crippen LogP contribution in [-0.4, -0.2) is 30.8 Å². The molecule has 1 rings (SSSR count). The number of nitrogens with two attached hydrogens (primary N) is 1. The van der Waals surface area contributed by atoms with Crippen molar-refractivity contribution in [2.45, 2.75) is 25.3 Å². The summed E-state index contributed by atoms with van der Waals surface area (Å²) in [5, 5.41) is 1.95. The van der Waals surface area contributed by atoms with Crippen molar-refractivity contribution >= 4 is 0 Å². The Bertz CT molecular complexity index is 104. The predicted molar refractivity (Wildman–Crippen MR) is 40.4 cm³/mol. The first-order valence-corrected chi connectivity index (χ1v) is 3.72. The van der Waals surface area contributed by atoms with Crippen molar-refractivity contribution in [2.24, 2.45) is 5.73 Å². The third kappa shape index (κ3) is 1.94. The van der Waals surface area contributed by atoms with Gasteiger partial charge in [-0.25, -0.2) is 0 Å². The lowest BCUT2D eigenvalue weighted by atomic mass is 9.92. The van der Waals surface area contributed by atoms with E-state index in [2.05, 4.69) is 6.92 Å². The van der Waals surface area contributed by atoms with Crippen LogP contribution >= 0.6 is 0 Å². The van der Waals surface area contributed by atoms with E-state index in [0.29, 0.717) is 0 Å². The number of hydroxylamine groups is 2. The second-order valence-electron chi connectivity index (χ2n) is 3.27. The molecule has 1 heterocycles. The highest BCUT2D eigenvalue weighted by molar-refractivity contribution is 4.83. The van der Waals surface area contributed by atoms with Crippen molar-refractivity contribution in [2.75, 3.05) is 20.2 Å². The summed E-state index contributed by atoms with van der Waals surface area (Å²) in [5.74, 6) is 0. The van der Waals surface area contributed by atoms with Crippen molar-refractivity contribution in [1.29, 1.82) is 0 Å². The Labute approximate surface area is 62.1 Å². The molecule has 60 valence electrons. The Balaban J connectivity index is 2.31. The lowest BCUT2D eigenvalue weighted by Crippen LogP contribution is -2.47. The second-order valence-corrected chi connectivity index (χ2v) is 3.27. The van der Waals surface area contributed by atoms with Crippen LogP contribution in [0, 0.1) is 0 Å². The molecule has 3 nitrogen and oxygen atoms in total. The zero-order valence-electron chi connectivity index (χ0n) is 6.76. The standard InChI is InChI=1S/C7H16N2O/c1-7(8)3-5-9(10-2)6-4-7/h3-6,8H2,1-2H3. The van der Waals surface area contributed by atoms with Crippen LogP contribution in [0.3, 0.4) is 0 Å². The third-order valence-corrected chi connectivity index (χ3v) is 2.12. The number of piperidine rings is 1. The molecule has 1 aliphatic rings. The predicted octanol–water partition coefficient (Wildman–Crippen LogP) is 0.361. The van der Waals surface area contributed by atoms with Gasteiger partial charge in [0, 0.05) is 18.6 Å². The molecule has 0 unspecified atom stereocenters. The fraction of sp³-hybridized carbons (Fsp3) is 1.00. The van der Waals surface area contributed by atoms with Crippen LogP contribution in [0.5, 0.6) is 0 Å². The van der Waals surface area contributed by atoms with Crippen LogP contribution in [0.1, 0.15) is 19.8 Å². The van der Waals surface area contributed by atoms with Gasteiger partial charge in [0.25, 0.3) is 0 Å². The number of rotatable bonds is 1. The minimum absolute atomic E-state index is 0.0367. The maximum Gasteiger partial charge on any atom is 0.0575 e. The molecule has 10 heavy (non-hydrogen) atoms. The summed E-state index contributed by atoms with van der Waals surface area (Å²) in [6.45, 7) is 4.02. The van der Waals surface area contributed by atoms with Crippen molar-refractivity contribution in [3.63, 3.8) is 0 Å². The highest BCUT2D eigenvalue weighted by Crippen LogP contribution is 2.17. The van der Waals surface area contributed by atoms with Crippen LogP contribution in [0.25, 0.3) is 0 Å². The molecule has 0 atom stereocenters. The van der Waals surface area contributed by atoms with Crippen LogP contribution in [-0.2, 0) is 4.84 Å². The van der Waals surface area contributed by atoms with Gasteiger partial charge in [0.1, 0.15) is 0 Å². The van der Waals surface area contributed by atoms with Gasteiger partial charge in [0.05, 0.1) is 7.11 Å². The smallest absolute Gasteiger partial charge is 0.0575 e. The van der Waals surface area contributed by atoms with E-state index < -0.39 is 0 Å². The molecule has 3 heteroatoms. The summed E-state index contributed by atoms with van der Waals surface area (Å²) in [6.07, 6.45) is 2.06. The van der Waals surface area contributed by atoms with E-state index in [1.807, 2.05) is 5.06 Å². The Kier molecular flexibility index (Phi) is 2.28. The number of hydrogen-bond acceptors (Lipinski definition) is 3. The maximum absolute atomic E-state index is 5.91. The molecule has 1 saturated heterocycles. The van der Waals surface area contributed by atoms with Crippen LogP contribution in [0.2, 0.25) is 0 Å². The zero-order chi connectivity index (χ0) is 7.61. The lowest BCUT2D eigenvalue weighted by Gasteiger charge is -2.35. The minimum atomic E-state index is 0.0367. The average molecular weight is 144 g/mol. The van der Waals surface area contributed by atoms with Crippen molar-refractivity contribution < 1.29 is 4.84 Å². The molecule has 0 radical (unpaired) electrons. The van der Waals surface area contributed by atoms with Gasteiger partial charge in [0.2, 0.25) is 0 Å². The molecule has 0 amide bonds. The molecule has 0 spiro atoms. The van der Waals surface area contributed by atoms with E-state index in [4.69, 9.17) is 10.6 Å². The highest BCUT2D eigenvalue weighted by atomic mass is 16.7. The monoisotopic (exact) mass is 144 g/mol. The van der Waals surface area contributed by atoms with E-state index in [1.165, 1.54) is 0 Å². The first-order valence-electron chi connectivity index (χ1n) is 3.72. The Morgan fingerprint density at radius 1 is 1.40 bits per heavy atom. The van der Waals surface area contributed by atoms with E-state index in [-0.39, 0.29) is 5.54 Å². The average Bonchev–Trinajstić information content (AvgIpc) is 1.88. The van der Waals surface area contributed by atoms with E-state index in [1.54, 1.807) is 7.11 Å². The molecular formula is C7H16N2O. The van der Waals surface area contributed by atoms with Gasteiger partial charge in [-0.15, -0.1) is 0 Å². The largest absolute Gasteiger partial charge is 0.325 e. The van der Waals surface area contributed by atoms with Crippen molar-refractivity contribution in [1.82, 2.24) is 5.06 Å². The molecular weight excluding hydrogens is 128 g/mol. The van der Waals surface area contributed by atoms with E-state index in [9.17, 15) is 0 Å². The molecule has 2 N–H and O–H groups in total. The summed E-state index contributed by atoms with van der Waals surface area (Å²) in [4.78, 5) is 5.06. The third-order valence-electron chi connectivity index (χ3n) is 2.12. The topological polar surface area (TPSA) is 38.5 Å². The fourth-order valence-electron chi connectivity index (χ4n) is 1.18. The van der Waals surface area contributed by atoms with Gasteiger partial charge in [-0.1, -0.05) is 0 Å². The quantitative estimate of drug-likeness (QED) is 0.577. The summed E-state index contributed by atoms with van der Waals surface area (Å²) in [7, 11) is 1.71. The molecule has 0 saturated carbocycles. The minimum Gasteiger partial charge on any atom is -0.325 e. The first-order chi connectivity index (χ1) is 4.64. The Hall–Kier alpha value is -0.120. The summed E-state index contributed by atoms with van der Waals surface area (Å²) in [5.41, 5.74) is 5.95. The first kappa shape index (κ1) is 7.98. The summed E-state index contributed by atoms with van der Waals surface area (Å²) >= 11 is 0. The Morgan fingerprint density at radius 3 is 2.30 bits per heavy atom. The lowest BCUT2D eigenvalue weighted by molar-refractivity contribution is -0.149. The molecule has 0 aliphatic carbocycles. The fourth-order valence-corrected chi connectivity index (χ4v) is 1.18. The van der Waals surface area contributed by atoms with Gasteiger partial charge >= 0.3 is 0 Å². The Morgan fingerprint density at radius 2 is 1.90 bits per heavy atom. The van der Waals surface area contributed by atoms with Crippen molar-refractivity contribution in [3.05, 3.63) is 0 Å². The maximum atomic E-state index is 5.91. The SMILES string of the molecule is CON1CCC(C)(N)CC1. The van der Waals surface area contributed by atoms with E-state index in [0.717, 1.165) is 25.9 Å². The van der Waals surface area contributed by atoms with Crippen LogP contribution in [0.4, 0.5) is 0 Å². The van der Waals surface area contributed by atoms with Gasteiger partial charge in [-0.2, -0.15) is 5.06 Å². The second kappa shape index (κ2) is 2.86. The molecule has 0 bridgehead atoms. The zero-order valence-corrected chi connectivity index (χ0v) is 6.76. The molecule has 0 aromatic rings. The molecule has 1 aliphatic heterocycles. The normalized spacial score (nSPS) is 26.7. The van der Waals surface area contributed by atoms with Gasteiger partial charge in [-0.3, -0.25) is 0 Å². The van der Waals surface area contributed by atoms with Crippen LogP contribution < -0.4 is 5.73 Å². The summed E-state index contributed by atoms with van der Waals surface area (Å²) < 4.78 is 0. The van der Waals surface area contributed by atoms with Crippen LogP contribution in [0.15, 0.2) is 0 Å². The van der Waals surface area contributed by atoms with Gasteiger partial charge in [0.15, 0.2) is 0 Å². The number of nitrogens with zero attached hydrogens (tertiary/aromatic N) is 1. The molecule has 0 aromatic carbocycles. The number of hydrogen-bond donors (Lipinski definition) is 1. The summed E-state index contributed by atoms with van der Waals surface area (Å²) in [6, 6.07) is 0. The van der Waals surface area contributed by atoms with E-state index >= 15 is 0 Å². The van der Waals surface area contributed by atoms with Gasteiger partial charge in [-0.05, 0) is 19.8 Å². The molecule has 0 aromatic heterocycles. The molecule has 1 fully saturated rings. The highest BCUT2D eigenvalue weighted by Gasteiger charge is 2.25. The van der Waals surface area contributed by atoms with Gasteiger partial charge < -0.3 is 10.6 Å².